The Balaban J connectivity index is 2.45. The number of fused-ring (bicyclic) bond motifs is 1. The molecule has 0 spiro atoms. The molecule has 1 aliphatic rings. The van der Waals surface area contributed by atoms with Crippen molar-refractivity contribution in [3.8, 4) is 0 Å². The Morgan fingerprint density at radius 1 is 1.33 bits per heavy atom. The largest absolute Gasteiger partial charge is 0.350 e. The molecule has 0 aromatic heterocycles. The summed E-state index contributed by atoms with van der Waals surface area (Å²) in [5.41, 5.74) is 2.06. The van der Waals surface area contributed by atoms with E-state index in [2.05, 4.69) is 19.2 Å². The lowest BCUT2D eigenvalue weighted by atomic mass is 9.83. The third kappa shape index (κ3) is 2.34. The molecule has 0 saturated heterocycles. The van der Waals surface area contributed by atoms with Gasteiger partial charge in [0.1, 0.15) is 5.82 Å². The fraction of sp³-hybridized carbons (Fsp3) is 0.417. The molecule has 0 saturated carbocycles. The molecule has 2 rings (SSSR count). The SMILES string of the molecule is CC1(C)CC(=S)Nc2ccc(F)cc2C1. The summed E-state index contributed by atoms with van der Waals surface area (Å²) < 4.78 is 13.1. The number of hydrogen-bond acceptors (Lipinski definition) is 1. The van der Waals surface area contributed by atoms with E-state index in [1.54, 1.807) is 12.1 Å². The Kier molecular flexibility index (Phi) is 2.51. The summed E-state index contributed by atoms with van der Waals surface area (Å²) in [4.78, 5) is 0.838. The molecule has 1 N–H and O–H groups in total. The minimum absolute atomic E-state index is 0.100. The first-order valence-corrected chi connectivity index (χ1v) is 5.45. The van der Waals surface area contributed by atoms with Crippen LogP contribution in [0.15, 0.2) is 18.2 Å². The average Bonchev–Trinajstić information content (AvgIpc) is 2.17. The zero-order chi connectivity index (χ0) is 11.1. The van der Waals surface area contributed by atoms with Gasteiger partial charge in [-0.3, -0.25) is 0 Å². The summed E-state index contributed by atoms with van der Waals surface area (Å²) in [5.74, 6) is -0.181. The van der Waals surface area contributed by atoms with E-state index in [1.165, 1.54) is 6.07 Å². The van der Waals surface area contributed by atoms with Crippen LogP contribution in [0.4, 0.5) is 10.1 Å². The zero-order valence-corrected chi connectivity index (χ0v) is 9.75. The van der Waals surface area contributed by atoms with Crippen LogP contribution in [0.3, 0.4) is 0 Å². The van der Waals surface area contributed by atoms with Gasteiger partial charge >= 0.3 is 0 Å². The van der Waals surface area contributed by atoms with Crippen molar-refractivity contribution < 1.29 is 4.39 Å². The Morgan fingerprint density at radius 2 is 2.07 bits per heavy atom. The zero-order valence-electron chi connectivity index (χ0n) is 8.93. The molecule has 0 aliphatic carbocycles. The van der Waals surface area contributed by atoms with Crippen LogP contribution in [-0.4, -0.2) is 4.99 Å². The van der Waals surface area contributed by atoms with Crippen LogP contribution >= 0.6 is 12.2 Å². The number of benzene rings is 1. The van der Waals surface area contributed by atoms with Gasteiger partial charge in [-0.1, -0.05) is 26.1 Å². The van der Waals surface area contributed by atoms with Crippen molar-refractivity contribution in [1.29, 1.82) is 0 Å². The molecule has 15 heavy (non-hydrogen) atoms. The lowest BCUT2D eigenvalue weighted by Gasteiger charge is -2.21. The van der Waals surface area contributed by atoms with Gasteiger partial charge in [0.25, 0.3) is 0 Å². The van der Waals surface area contributed by atoms with Gasteiger partial charge in [-0.25, -0.2) is 4.39 Å². The second kappa shape index (κ2) is 3.56. The van der Waals surface area contributed by atoms with Gasteiger partial charge in [0.15, 0.2) is 0 Å². The normalized spacial score (nSPS) is 19.0. The maximum absolute atomic E-state index is 13.1. The van der Waals surface area contributed by atoms with Gasteiger partial charge in [0.2, 0.25) is 0 Å². The van der Waals surface area contributed by atoms with E-state index < -0.39 is 0 Å². The molecule has 0 unspecified atom stereocenters. The molecular weight excluding hydrogens is 209 g/mol. The van der Waals surface area contributed by atoms with Gasteiger partial charge in [0.05, 0.1) is 4.99 Å². The van der Waals surface area contributed by atoms with Gasteiger partial charge in [-0.2, -0.15) is 0 Å². The van der Waals surface area contributed by atoms with Crippen molar-refractivity contribution in [1.82, 2.24) is 0 Å². The van der Waals surface area contributed by atoms with Crippen molar-refractivity contribution in [3.05, 3.63) is 29.6 Å². The summed E-state index contributed by atoms with van der Waals surface area (Å²) in [6, 6.07) is 4.82. The van der Waals surface area contributed by atoms with Gasteiger partial charge in [0, 0.05) is 12.1 Å². The van der Waals surface area contributed by atoms with E-state index in [-0.39, 0.29) is 11.2 Å². The predicted molar refractivity (Wildman–Crippen MR) is 64.7 cm³/mol. The van der Waals surface area contributed by atoms with Crippen molar-refractivity contribution in [2.45, 2.75) is 26.7 Å². The molecule has 3 heteroatoms. The maximum Gasteiger partial charge on any atom is 0.123 e. The Bertz CT molecular complexity index is 412. The summed E-state index contributed by atoms with van der Waals surface area (Å²) in [5, 5.41) is 3.17. The maximum atomic E-state index is 13.1. The number of hydrogen-bond donors (Lipinski definition) is 1. The molecule has 1 aromatic rings. The highest BCUT2D eigenvalue weighted by atomic mass is 32.1. The Hall–Kier alpha value is -0.960. The van der Waals surface area contributed by atoms with Crippen LogP contribution in [0, 0.1) is 11.2 Å². The van der Waals surface area contributed by atoms with Gasteiger partial charge in [-0.15, -0.1) is 0 Å². The predicted octanol–water partition coefficient (Wildman–Crippen LogP) is 3.54. The summed E-state index contributed by atoms with van der Waals surface area (Å²) in [7, 11) is 0. The smallest absolute Gasteiger partial charge is 0.123 e. The van der Waals surface area contributed by atoms with Crippen molar-refractivity contribution >= 4 is 22.9 Å². The molecule has 0 bridgehead atoms. The third-order valence-corrected chi connectivity index (χ3v) is 2.90. The van der Waals surface area contributed by atoms with Crippen LogP contribution < -0.4 is 5.32 Å². The summed E-state index contributed by atoms with van der Waals surface area (Å²) >= 11 is 5.25. The molecular formula is C12H14FNS. The Labute approximate surface area is 94.7 Å². The highest BCUT2D eigenvalue weighted by Gasteiger charge is 2.25. The van der Waals surface area contributed by atoms with E-state index in [9.17, 15) is 4.39 Å². The van der Waals surface area contributed by atoms with Crippen molar-refractivity contribution in [2.75, 3.05) is 5.32 Å². The quantitative estimate of drug-likeness (QED) is 0.675. The number of halogens is 1. The van der Waals surface area contributed by atoms with E-state index in [0.29, 0.717) is 0 Å². The monoisotopic (exact) mass is 223 g/mol. The molecule has 1 aromatic carbocycles. The second-order valence-corrected chi connectivity index (χ2v) is 5.36. The fourth-order valence-corrected chi connectivity index (χ4v) is 2.54. The van der Waals surface area contributed by atoms with E-state index >= 15 is 0 Å². The van der Waals surface area contributed by atoms with Crippen molar-refractivity contribution in [3.63, 3.8) is 0 Å². The highest BCUT2D eigenvalue weighted by Crippen LogP contribution is 2.33. The third-order valence-electron chi connectivity index (χ3n) is 2.65. The lowest BCUT2D eigenvalue weighted by Crippen LogP contribution is -2.18. The summed E-state index contributed by atoms with van der Waals surface area (Å²) in [6.07, 6.45) is 1.70. The van der Waals surface area contributed by atoms with E-state index in [0.717, 1.165) is 29.1 Å². The topological polar surface area (TPSA) is 12.0 Å². The van der Waals surface area contributed by atoms with Gasteiger partial charge < -0.3 is 5.32 Å². The van der Waals surface area contributed by atoms with Crippen LogP contribution in [0.1, 0.15) is 25.8 Å². The first kappa shape index (κ1) is 10.6. The second-order valence-electron chi connectivity index (χ2n) is 4.87. The number of anilines is 1. The standard InChI is InChI=1S/C12H14FNS/c1-12(2)6-8-5-9(13)3-4-10(8)14-11(15)7-12/h3-5H,6-7H2,1-2H3,(H,14,15). The molecule has 80 valence electrons. The van der Waals surface area contributed by atoms with Crippen molar-refractivity contribution in [2.24, 2.45) is 5.41 Å². The molecule has 1 nitrogen and oxygen atoms in total. The average molecular weight is 223 g/mol. The minimum Gasteiger partial charge on any atom is -0.350 e. The molecule has 0 atom stereocenters. The Morgan fingerprint density at radius 3 is 2.80 bits per heavy atom. The molecule has 1 heterocycles. The number of nitrogens with one attached hydrogen (secondary N) is 1. The molecule has 0 fully saturated rings. The lowest BCUT2D eigenvalue weighted by molar-refractivity contribution is 0.384. The number of rotatable bonds is 0. The van der Waals surface area contributed by atoms with E-state index in [1.807, 2.05) is 0 Å². The fourth-order valence-electron chi connectivity index (χ4n) is 2.04. The minimum atomic E-state index is -0.181. The highest BCUT2D eigenvalue weighted by molar-refractivity contribution is 7.80. The number of thiocarbonyl (C=S) groups is 1. The summed E-state index contributed by atoms with van der Waals surface area (Å²) in [6.45, 7) is 4.31. The van der Waals surface area contributed by atoms with Crippen LogP contribution in [-0.2, 0) is 6.42 Å². The van der Waals surface area contributed by atoms with Crippen LogP contribution in [0.25, 0.3) is 0 Å². The van der Waals surface area contributed by atoms with Crippen LogP contribution in [0.2, 0.25) is 0 Å². The van der Waals surface area contributed by atoms with E-state index in [4.69, 9.17) is 12.2 Å². The van der Waals surface area contributed by atoms with Gasteiger partial charge in [-0.05, 0) is 35.6 Å². The molecule has 0 amide bonds. The van der Waals surface area contributed by atoms with Crippen LogP contribution in [0.5, 0.6) is 0 Å². The molecule has 1 aliphatic heterocycles. The first-order valence-electron chi connectivity index (χ1n) is 5.05. The molecule has 0 radical (unpaired) electrons. The first-order chi connectivity index (χ1) is 6.96.